The van der Waals surface area contributed by atoms with Crippen LogP contribution < -0.4 is 9.75 Å². The van der Waals surface area contributed by atoms with Gasteiger partial charge in [0.15, 0.2) is 5.78 Å². The van der Waals surface area contributed by atoms with Crippen LogP contribution in [0.3, 0.4) is 0 Å². The minimum absolute atomic E-state index is 0.0677. The van der Waals surface area contributed by atoms with Crippen LogP contribution in [0.5, 0.6) is 5.75 Å². The maximum Gasteiger partial charge on any atom is 0.207 e. The van der Waals surface area contributed by atoms with Gasteiger partial charge in [-0.15, -0.1) is 0 Å². The number of anilines is 1. The van der Waals surface area contributed by atoms with Crippen molar-refractivity contribution in [2.75, 3.05) is 11.6 Å². The van der Waals surface area contributed by atoms with Crippen LogP contribution in [-0.2, 0) is 0 Å². The van der Waals surface area contributed by atoms with Crippen LogP contribution in [0.25, 0.3) is 0 Å². The number of hydrogen-bond donors (Lipinski definition) is 0. The van der Waals surface area contributed by atoms with Crippen molar-refractivity contribution >= 4 is 28.0 Å². The second-order valence-corrected chi connectivity index (χ2v) is 8.18. The topological polar surface area (TPSA) is 54.8 Å². The van der Waals surface area contributed by atoms with E-state index in [-0.39, 0.29) is 11.8 Å². The van der Waals surface area contributed by atoms with Gasteiger partial charge in [0.05, 0.1) is 23.2 Å². The molecule has 0 radical (unpaired) electrons. The largest absolute Gasteiger partial charge is 0.494 e. The Kier molecular flexibility index (Phi) is 5.00. The first kappa shape index (κ1) is 18.2. The minimum Gasteiger partial charge on any atom is -0.494 e. The number of benzene rings is 1. The van der Waals surface area contributed by atoms with E-state index in [0.717, 1.165) is 34.3 Å². The van der Waals surface area contributed by atoms with Crippen molar-refractivity contribution in [3.63, 3.8) is 0 Å². The third-order valence-electron chi connectivity index (χ3n) is 5.34. The van der Waals surface area contributed by atoms with Crippen molar-refractivity contribution < 1.29 is 9.53 Å². The van der Waals surface area contributed by atoms with Crippen LogP contribution >= 0.6 is 11.3 Å². The molecule has 0 bridgehead atoms. The summed E-state index contributed by atoms with van der Waals surface area (Å²) in [6.45, 7) is 6.16. The van der Waals surface area contributed by atoms with Crippen LogP contribution in [0.1, 0.15) is 66.5 Å². The number of rotatable bonds is 5. The Bertz CT molecular complexity index is 872. The molecule has 0 amide bonds. The van der Waals surface area contributed by atoms with Crippen molar-refractivity contribution in [2.45, 2.75) is 52.5 Å². The van der Waals surface area contributed by atoms with E-state index in [9.17, 15) is 4.79 Å². The fourth-order valence-electron chi connectivity index (χ4n) is 4.13. The van der Waals surface area contributed by atoms with Gasteiger partial charge in [-0.05, 0) is 50.8 Å². The van der Waals surface area contributed by atoms with Crippen molar-refractivity contribution in [3.05, 3.63) is 40.4 Å². The van der Waals surface area contributed by atoms with Crippen molar-refractivity contribution in [2.24, 2.45) is 11.0 Å². The van der Waals surface area contributed by atoms with Crippen molar-refractivity contribution in [3.8, 4) is 5.75 Å². The summed E-state index contributed by atoms with van der Waals surface area (Å²) in [5, 5.41) is 7.84. The molecule has 1 aliphatic heterocycles. The number of nitrogens with zero attached hydrogens (tertiary/aromatic N) is 3. The quantitative estimate of drug-likeness (QED) is 0.669. The highest BCUT2D eigenvalue weighted by Gasteiger charge is 2.41. The summed E-state index contributed by atoms with van der Waals surface area (Å²) in [4.78, 5) is 17.3. The number of Topliss-reactive ketones (excluding diaryl/α,β-unsaturated/α-hetero) is 1. The lowest BCUT2D eigenvalue weighted by atomic mass is 9.80. The molecule has 6 heteroatoms. The number of ketones is 1. The number of hydrogen-bond acceptors (Lipinski definition) is 6. The Balaban J connectivity index is 1.72. The fraction of sp³-hybridized carbons (Fsp3) is 0.476. The van der Waals surface area contributed by atoms with Gasteiger partial charge in [-0.3, -0.25) is 4.79 Å². The molecule has 4 rings (SSSR count). The molecule has 0 spiro atoms. The van der Waals surface area contributed by atoms with Gasteiger partial charge >= 0.3 is 0 Å². The first-order valence-electron chi connectivity index (χ1n) is 9.66. The van der Waals surface area contributed by atoms with Gasteiger partial charge in [0.1, 0.15) is 5.75 Å². The molecule has 1 aromatic carbocycles. The predicted molar refractivity (Wildman–Crippen MR) is 109 cm³/mol. The molecule has 1 aliphatic carbocycles. The molecule has 2 heterocycles. The normalized spacial score (nSPS) is 21.7. The zero-order valence-electron chi connectivity index (χ0n) is 16.1. The number of aryl methyl sites for hydroxylation is 1. The first-order valence-corrected chi connectivity index (χ1v) is 10.5. The Morgan fingerprint density at radius 3 is 2.74 bits per heavy atom. The van der Waals surface area contributed by atoms with Crippen LogP contribution in [0, 0.1) is 12.8 Å². The Hall–Kier alpha value is -2.21. The lowest BCUT2D eigenvalue weighted by Gasteiger charge is -2.28. The van der Waals surface area contributed by atoms with E-state index in [1.165, 1.54) is 35.5 Å². The molecular weight excluding hydrogens is 358 g/mol. The van der Waals surface area contributed by atoms with E-state index in [1.54, 1.807) is 6.92 Å². The number of carbonyl (C=O) groups is 1. The summed E-state index contributed by atoms with van der Waals surface area (Å²) in [5.41, 5.74) is 3.29. The summed E-state index contributed by atoms with van der Waals surface area (Å²) in [5.74, 6) is 1.37. The molecule has 2 unspecified atom stereocenters. The van der Waals surface area contributed by atoms with E-state index in [4.69, 9.17) is 9.84 Å². The molecule has 1 saturated carbocycles. The number of fused-ring (bicyclic) bond motifs is 1. The van der Waals surface area contributed by atoms with Gasteiger partial charge in [0.25, 0.3) is 0 Å². The summed E-state index contributed by atoms with van der Waals surface area (Å²) in [6.07, 6.45) is 4.64. The third kappa shape index (κ3) is 3.38. The van der Waals surface area contributed by atoms with Gasteiger partial charge in [0.2, 0.25) is 5.13 Å². The van der Waals surface area contributed by atoms with Crippen LogP contribution in [-0.4, -0.2) is 23.1 Å². The summed E-state index contributed by atoms with van der Waals surface area (Å²) < 4.78 is 5.60. The van der Waals surface area contributed by atoms with Gasteiger partial charge in [-0.2, -0.15) is 5.10 Å². The SMILES string of the molecule is CCOc1ccc(C2C3CCCCC3=NN2c2nc(C)c(C(C)=O)s2)cc1. The molecule has 1 fully saturated rings. The Morgan fingerprint density at radius 1 is 1.30 bits per heavy atom. The summed E-state index contributed by atoms with van der Waals surface area (Å²) in [6, 6.07) is 8.49. The average Bonchev–Trinajstić information content (AvgIpc) is 3.23. The molecule has 142 valence electrons. The second-order valence-electron chi connectivity index (χ2n) is 7.20. The molecule has 2 aromatic rings. The molecule has 1 aromatic heterocycles. The standard InChI is InChI=1S/C21H25N3O2S/c1-4-26-16-11-9-15(10-12-16)19-17-7-5-6-8-18(17)23-24(19)21-22-13(2)20(27-21)14(3)25/h9-12,17,19H,4-8H2,1-3H3. The lowest BCUT2D eigenvalue weighted by molar-refractivity contribution is 0.102. The zero-order chi connectivity index (χ0) is 19.0. The maximum absolute atomic E-state index is 11.9. The van der Waals surface area contributed by atoms with E-state index < -0.39 is 0 Å². The summed E-state index contributed by atoms with van der Waals surface area (Å²) in [7, 11) is 0. The number of carbonyl (C=O) groups excluding carboxylic acids is 1. The number of aromatic nitrogens is 1. The third-order valence-corrected chi connectivity index (χ3v) is 6.59. The monoisotopic (exact) mass is 383 g/mol. The van der Waals surface area contributed by atoms with E-state index in [0.29, 0.717) is 12.5 Å². The molecular formula is C21H25N3O2S. The van der Waals surface area contributed by atoms with Crippen molar-refractivity contribution in [1.29, 1.82) is 0 Å². The van der Waals surface area contributed by atoms with Crippen LogP contribution in [0.15, 0.2) is 29.4 Å². The van der Waals surface area contributed by atoms with Crippen molar-refractivity contribution in [1.82, 2.24) is 4.98 Å². The molecule has 27 heavy (non-hydrogen) atoms. The van der Waals surface area contributed by atoms with Crippen LogP contribution in [0.2, 0.25) is 0 Å². The average molecular weight is 384 g/mol. The first-order chi connectivity index (χ1) is 13.1. The highest BCUT2D eigenvalue weighted by atomic mass is 32.1. The van der Waals surface area contributed by atoms with E-state index >= 15 is 0 Å². The molecule has 0 saturated heterocycles. The molecule has 2 atom stereocenters. The zero-order valence-corrected chi connectivity index (χ0v) is 16.9. The highest BCUT2D eigenvalue weighted by molar-refractivity contribution is 7.17. The molecule has 2 aliphatic rings. The van der Waals surface area contributed by atoms with Gasteiger partial charge in [-0.25, -0.2) is 9.99 Å². The lowest BCUT2D eigenvalue weighted by Crippen LogP contribution is -2.27. The second kappa shape index (κ2) is 7.43. The highest BCUT2D eigenvalue weighted by Crippen LogP contribution is 2.45. The predicted octanol–water partition coefficient (Wildman–Crippen LogP) is 5.16. The summed E-state index contributed by atoms with van der Waals surface area (Å²) >= 11 is 1.45. The minimum atomic E-state index is 0.0677. The fourth-order valence-corrected chi connectivity index (χ4v) is 5.08. The number of thiazole rings is 1. The molecule has 5 nitrogen and oxygen atoms in total. The van der Waals surface area contributed by atoms with E-state index in [2.05, 4.69) is 22.1 Å². The number of hydrazone groups is 1. The van der Waals surface area contributed by atoms with E-state index in [1.807, 2.05) is 26.0 Å². The Morgan fingerprint density at radius 2 is 2.07 bits per heavy atom. The smallest absolute Gasteiger partial charge is 0.207 e. The Labute approximate surface area is 164 Å². The number of ether oxygens (including phenoxy) is 1. The van der Waals surface area contributed by atoms with Crippen LogP contribution in [0.4, 0.5) is 5.13 Å². The van der Waals surface area contributed by atoms with Gasteiger partial charge in [-0.1, -0.05) is 29.9 Å². The van der Waals surface area contributed by atoms with Gasteiger partial charge < -0.3 is 4.74 Å². The molecule has 0 N–H and O–H groups in total. The maximum atomic E-state index is 11.9. The van der Waals surface area contributed by atoms with Gasteiger partial charge in [0, 0.05) is 18.6 Å².